The van der Waals surface area contributed by atoms with Gasteiger partial charge in [0.2, 0.25) is 5.91 Å². The highest BCUT2D eigenvalue weighted by Gasteiger charge is 2.16. The molecule has 11 heavy (non-hydrogen) atoms. The summed E-state index contributed by atoms with van der Waals surface area (Å²) in [5.74, 6) is -1.54. The summed E-state index contributed by atoms with van der Waals surface area (Å²) in [4.78, 5) is 21.0. The van der Waals surface area contributed by atoms with Gasteiger partial charge in [0.05, 0.1) is 0 Å². The van der Waals surface area contributed by atoms with Crippen molar-refractivity contribution < 1.29 is 14.7 Å². The molecule has 0 bridgehead atoms. The third-order valence-corrected chi connectivity index (χ3v) is 1.29. The van der Waals surface area contributed by atoms with Crippen LogP contribution >= 0.6 is 11.6 Å². The molecule has 0 heterocycles. The monoisotopic (exact) mass is 179 g/mol. The van der Waals surface area contributed by atoms with Gasteiger partial charge in [0.15, 0.2) is 0 Å². The van der Waals surface area contributed by atoms with E-state index in [1.165, 1.54) is 13.8 Å². The van der Waals surface area contributed by atoms with Crippen LogP contribution < -0.4 is 5.32 Å². The molecule has 0 aliphatic rings. The lowest BCUT2D eigenvalue weighted by Gasteiger charge is -2.09. The number of hydrogen-bond acceptors (Lipinski definition) is 2. The molecule has 2 N–H and O–H groups in total. The molecule has 0 aromatic heterocycles. The van der Waals surface area contributed by atoms with Gasteiger partial charge in [-0.15, -0.1) is 11.6 Å². The van der Waals surface area contributed by atoms with E-state index in [1.54, 1.807) is 0 Å². The van der Waals surface area contributed by atoms with E-state index < -0.39 is 23.3 Å². The zero-order chi connectivity index (χ0) is 9.02. The number of hydrogen-bond donors (Lipinski definition) is 2. The van der Waals surface area contributed by atoms with Crippen molar-refractivity contribution >= 4 is 23.5 Å². The third-order valence-electron chi connectivity index (χ3n) is 1.09. The van der Waals surface area contributed by atoms with Crippen LogP contribution in [0.1, 0.15) is 13.8 Å². The number of aliphatic carboxylic acids is 1. The fraction of sp³-hybridized carbons (Fsp3) is 0.667. The Labute approximate surface area is 69.5 Å². The second kappa shape index (κ2) is 4.18. The van der Waals surface area contributed by atoms with Crippen molar-refractivity contribution in [2.45, 2.75) is 25.3 Å². The summed E-state index contributed by atoms with van der Waals surface area (Å²) in [6.45, 7) is 2.85. The van der Waals surface area contributed by atoms with Gasteiger partial charge in [-0.25, -0.2) is 0 Å². The molecule has 0 aliphatic carbocycles. The van der Waals surface area contributed by atoms with Crippen LogP contribution in [0.2, 0.25) is 0 Å². The van der Waals surface area contributed by atoms with E-state index in [1.807, 2.05) is 0 Å². The topological polar surface area (TPSA) is 66.4 Å². The van der Waals surface area contributed by atoms with Crippen molar-refractivity contribution in [1.29, 1.82) is 0 Å². The third kappa shape index (κ3) is 3.83. The summed E-state index contributed by atoms with van der Waals surface area (Å²) in [5, 5.41) is 9.87. The quantitative estimate of drug-likeness (QED) is 0.609. The van der Waals surface area contributed by atoms with Crippen molar-refractivity contribution in [3.63, 3.8) is 0 Å². The van der Waals surface area contributed by atoms with Crippen molar-refractivity contribution in [3.8, 4) is 0 Å². The Hall–Kier alpha value is -0.770. The summed E-state index contributed by atoms with van der Waals surface area (Å²) in [6, 6.07) is -0.885. The zero-order valence-electron chi connectivity index (χ0n) is 6.30. The number of carbonyl (C=O) groups excluding carboxylic acids is 1. The van der Waals surface area contributed by atoms with Crippen LogP contribution in [0.5, 0.6) is 0 Å². The first-order valence-corrected chi connectivity index (χ1v) is 3.56. The number of rotatable bonds is 3. The predicted molar refractivity (Wildman–Crippen MR) is 40.6 cm³/mol. The number of alkyl halides is 1. The van der Waals surface area contributed by atoms with Gasteiger partial charge in [-0.2, -0.15) is 0 Å². The molecule has 0 radical (unpaired) electrons. The smallest absolute Gasteiger partial charge is 0.325 e. The molecule has 0 unspecified atom stereocenters. The number of carbonyl (C=O) groups is 2. The minimum Gasteiger partial charge on any atom is -0.480 e. The molecule has 4 nitrogen and oxygen atoms in total. The Morgan fingerprint density at radius 1 is 1.45 bits per heavy atom. The Kier molecular flexibility index (Phi) is 3.89. The maximum Gasteiger partial charge on any atom is 0.325 e. The molecule has 5 heteroatoms. The van der Waals surface area contributed by atoms with E-state index in [4.69, 9.17) is 16.7 Å². The number of halogens is 1. The van der Waals surface area contributed by atoms with Crippen LogP contribution in [0.3, 0.4) is 0 Å². The Morgan fingerprint density at radius 3 is 2.18 bits per heavy atom. The molecule has 0 saturated carbocycles. The van der Waals surface area contributed by atoms with E-state index in [2.05, 4.69) is 5.32 Å². The first-order chi connectivity index (χ1) is 4.95. The van der Waals surface area contributed by atoms with Crippen molar-refractivity contribution in [2.24, 2.45) is 0 Å². The van der Waals surface area contributed by atoms with E-state index in [0.717, 1.165) is 0 Å². The van der Waals surface area contributed by atoms with Crippen LogP contribution in [0, 0.1) is 0 Å². The minimum absolute atomic E-state index is 0.471. The lowest BCUT2D eigenvalue weighted by Crippen LogP contribution is -2.41. The average molecular weight is 180 g/mol. The average Bonchev–Trinajstić information content (AvgIpc) is 1.87. The van der Waals surface area contributed by atoms with Gasteiger partial charge in [0, 0.05) is 0 Å². The summed E-state index contributed by atoms with van der Waals surface area (Å²) in [7, 11) is 0. The largest absolute Gasteiger partial charge is 0.480 e. The van der Waals surface area contributed by atoms with E-state index >= 15 is 0 Å². The predicted octanol–water partition coefficient (Wildman–Crippen LogP) is 0.203. The lowest BCUT2D eigenvalue weighted by molar-refractivity contribution is -0.141. The summed E-state index contributed by atoms with van der Waals surface area (Å²) in [6.07, 6.45) is 0. The van der Waals surface area contributed by atoms with Gasteiger partial charge in [-0.1, -0.05) is 0 Å². The molecule has 2 atom stereocenters. The first kappa shape index (κ1) is 10.2. The number of carboxylic acids is 1. The summed E-state index contributed by atoms with van der Waals surface area (Å²) >= 11 is 5.37. The molecule has 64 valence electrons. The second-order valence-electron chi connectivity index (χ2n) is 2.18. The Balaban J connectivity index is 3.85. The zero-order valence-corrected chi connectivity index (χ0v) is 7.05. The molecular weight excluding hydrogens is 170 g/mol. The van der Waals surface area contributed by atoms with Crippen LogP contribution in [-0.2, 0) is 9.59 Å². The lowest BCUT2D eigenvalue weighted by atomic mass is 10.3. The molecule has 0 aliphatic heterocycles. The molecule has 0 aromatic carbocycles. The summed E-state index contributed by atoms with van der Waals surface area (Å²) in [5.41, 5.74) is 0. The van der Waals surface area contributed by atoms with Gasteiger partial charge >= 0.3 is 5.97 Å². The van der Waals surface area contributed by atoms with Gasteiger partial charge in [-0.05, 0) is 13.8 Å². The van der Waals surface area contributed by atoms with Crippen LogP contribution in [0.15, 0.2) is 0 Å². The first-order valence-electron chi connectivity index (χ1n) is 3.12. The number of amides is 1. The molecule has 0 saturated heterocycles. The Morgan fingerprint density at radius 2 is 1.91 bits per heavy atom. The van der Waals surface area contributed by atoms with Gasteiger partial charge in [0.1, 0.15) is 11.4 Å². The minimum atomic E-state index is -1.07. The van der Waals surface area contributed by atoms with Crippen LogP contribution in [0.4, 0.5) is 0 Å². The molecule has 0 aromatic rings. The number of nitrogens with one attached hydrogen (secondary N) is 1. The second-order valence-corrected chi connectivity index (χ2v) is 2.84. The van der Waals surface area contributed by atoms with Crippen molar-refractivity contribution in [2.75, 3.05) is 0 Å². The van der Waals surface area contributed by atoms with Crippen LogP contribution in [-0.4, -0.2) is 28.4 Å². The molecule has 0 spiro atoms. The van der Waals surface area contributed by atoms with E-state index in [9.17, 15) is 9.59 Å². The molecule has 0 rings (SSSR count). The fourth-order valence-electron chi connectivity index (χ4n) is 0.390. The van der Waals surface area contributed by atoms with Crippen molar-refractivity contribution in [1.82, 2.24) is 5.32 Å². The highest BCUT2D eigenvalue weighted by atomic mass is 35.5. The van der Waals surface area contributed by atoms with Crippen molar-refractivity contribution in [3.05, 3.63) is 0 Å². The molecule has 0 fully saturated rings. The fourth-order valence-corrected chi connectivity index (χ4v) is 0.453. The van der Waals surface area contributed by atoms with Crippen LogP contribution in [0.25, 0.3) is 0 Å². The molecular formula is C6H10ClNO3. The standard InChI is InChI=1S/C6H10ClNO3/c1-3(7)5(9)8-4(2)6(10)11/h3-4H,1-2H3,(H,8,9)(H,10,11)/t3-,4+/m0/s1. The number of carboxylic acid groups (broad SMARTS) is 1. The Bertz CT molecular complexity index is 169. The molecule has 1 amide bonds. The van der Waals surface area contributed by atoms with Gasteiger partial charge in [0.25, 0.3) is 0 Å². The van der Waals surface area contributed by atoms with Gasteiger partial charge < -0.3 is 10.4 Å². The van der Waals surface area contributed by atoms with E-state index in [-0.39, 0.29) is 0 Å². The maximum atomic E-state index is 10.8. The van der Waals surface area contributed by atoms with E-state index in [0.29, 0.717) is 0 Å². The van der Waals surface area contributed by atoms with Gasteiger partial charge in [-0.3, -0.25) is 9.59 Å². The summed E-state index contributed by atoms with van der Waals surface area (Å²) < 4.78 is 0. The normalized spacial score (nSPS) is 15.2. The SMILES string of the molecule is C[C@H](Cl)C(=O)N[C@H](C)C(=O)O. The highest BCUT2D eigenvalue weighted by molar-refractivity contribution is 6.30. The maximum absolute atomic E-state index is 10.8. The highest BCUT2D eigenvalue weighted by Crippen LogP contribution is 1.93.